The normalized spacial score (nSPS) is 18.7. The molecular formula is C19H18N2O4. The first-order valence-electron chi connectivity index (χ1n) is 7.88. The number of carbonyl (C=O) groups excluding carboxylic acids is 3. The predicted molar refractivity (Wildman–Crippen MR) is 92.4 cm³/mol. The van der Waals surface area contributed by atoms with E-state index in [1.54, 1.807) is 50.4 Å². The number of hydrogen-bond donors (Lipinski definition) is 2. The van der Waals surface area contributed by atoms with Gasteiger partial charge in [-0.15, -0.1) is 0 Å². The van der Waals surface area contributed by atoms with Crippen LogP contribution in [0.25, 0.3) is 0 Å². The van der Waals surface area contributed by atoms with E-state index in [-0.39, 0.29) is 5.91 Å². The van der Waals surface area contributed by atoms with Gasteiger partial charge in [0.1, 0.15) is 0 Å². The summed E-state index contributed by atoms with van der Waals surface area (Å²) in [5.74, 6) is -1.12. The number of carbonyl (C=O) groups is 3. The lowest BCUT2D eigenvalue weighted by atomic mass is 9.89. The van der Waals surface area contributed by atoms with Gasteiger partial charge in [-0.25, -0.2) is 4.79 Å². The molecule has 2 N–H and O–H groups in total. The van der Waals surface area contributed by atoms with Gasteiger partial charge >= 0.3 is 5.97 Å². The second-order valence-corrected chi connectivity index (χ2v) is 6.06. The lowest BCUT2D eigenvalue weighted by molar-refractivity contribution is -0.134. The summed E-state index contributed by atoms with van der Waals surface area (Å²) in [6, 6.07) is 13.6. The summed E-state index contributed by atoms with van der Waals surface area (Å²) in [6.45, 7) is 1.59. The van der Waals surface area contributed by atoms with Crippen molar-refractivity contribution in [3.05, 3.63) is 65.2 Å². The van der Waals surface area contributed by atoms with Crippen LogP contribution in [0.3, 0.4) is 0 Å². The van der Waals surface area contributed by atoms with E-state index >= 15 is 0 Å². The molecule has 1 atom stereocenters. The van der Waals surface area contributed by atoms with Crippen LogP contribution in [0.1, 0.15) is 33.2 Å². The molecule has 2 aromatic rings. The number of anilines is 1. The molecule has 25 heavy (non-hydrogen) atoms. The predicted octanol–water partition coefficient (Wildman–Crippen LogP) is 2.16. The fourth-order valence-electron chi connectivity index (χ4n) is 2.77. The van der Waals surface area contributed by atoms with E-state index in [1.807, 2.05) is 12.1 Å². The summed E-state index contributed by atoms with van der Waals surface area (Å²) in [5.41, 5.74) is 0.998. The molecular weight excluding hydrogens is 320 g/mol. The zero-order chi connectivity index (χ0) is 18.0. The molecule has 2 amide bonds. The highest BCUT2D eigenvalue weighted by Gasteiger charge is 2.42. The molecule has 0 spiro atoms. The zero-order valence-corrected chi connectivity index (χ0v) is 14.0. The maximum Gasteiger partial charge on any atom is 0.339 e. The average molecular weight is 338 g/mol. The van der Waals surface area contributed by atoms with Crippen molar-refractivity contribution in [3.63, 3.8) is 0 Å². The number of cyclic esters (lactones) is 1. The molecule has 0 fully saturated rings. The third kappa shape index (κ3) is 3.24. The van der Waals surface area contributed by atoms with Crippen LogP contribution in [-0.4, -0.2) is 30.4 Å². The number of hydrogen-bond acceptors (Lipinski definition) is 4. The zero-order valence-electron chi connectivity index (χ0n) is 14.0. The number of ether oxygens (including phenoxy) is 1. The van der Waals surface area contributed by atoms with Crippen molar-refractivity contribution < 1.29 is 19.1 Å². The summed E-state index contributed by atoms with van der Waals surface area (Å²) in [4.78, 5) is 36.4. The summed E-state index contributed by atoms with van der Waals surface area (Å²) < 4.78 is 5.40. The van der Waals surface area contributed by atoms with Crippen LogP contribution in [0.5, 0.6) is 0 Å². The van der Waals surface area contributed by atoms with Gasteiger partial charge in [-0.1, -0.05) is 18.2 Å². The van der Waals surface area contributed by atoms with Crippen LogP contribution in [0.4, 0.5) is 5.69 Å². The van der Waals surface area contributed by atoms with Gasteiger partial charge in [-0.05, 0) is 42.8 Å². The van der Waals surface area contributed by atoms with Crippen molar-refractivity contribution in [2.75, 3.05) is 12.4 Å². The van der Waals surface area contributed by atoms with E-state index in [4.69, 9.17) is 4.74 Å². The number of fused-ring (bicyclic) bond motifs is 1. The van der Waals surface area contributed by atoms with Gasteiger partial charge in [0.25, 0.3) is 11.8 Å². The largest absolute Gasteiger partial charge is 0.445 e. The van der Waals surface area contributed by atoms with Gasteiger partial charge in [-0.2, -0.15) is 0 Å². The number of rotatable bonds is 3. The fraction of sp³-hybridized carbons (Fsp3) is 0.211. The minimum atomic E-state index is -1.29. The molecule has 128 valence electrons. The molecule has 6 nitrogen and oxygen atoms in total. The first-order valence-corrected chi connectivity index (χ1v) is 7.88. The highest BCUT2D eigenvalue weighted by Crippen LogP contribution is 2.29. The summed E-state index contributed by atoms with van der Waals surface area (Å²) >= 11 is 0. The molecule has 6 heteroatoms. The molecule has 0 aliphatic carbocycles. The highest BCUT2D eigenvalue weighted by molar-refractivity contribution is 6.02. The maximum absolute atomic E-state index is 12.7. The van der Waals surface area contributed by atoms with Crippen molar-refractivity contribution in [1.82, 2.24) is 5.32 Å². The smallest absolute Gasteiger partial charge is 0.339 e. The van der Waals surface area contributed by atoms with Crippen molar-refractivity contribution in [2.45, 2.75) is 18.9 Å². The Bertz CT molecular complexity index is 845. The fourth-order valence-corrected chi connectivity index (χ4v) is 2.77. The van der Waals surface area contributed by atoms with E-state index in [1.165, 1.54) is 0 Å². The van der Waals surface area contributed by atoms with Gasteiger partial charge in [0.15, 0.2) is 5.60 Å². The molecule has 1 unspecified atom stereocenters. The molecule has 0 bridgehead atoms. The van der Waals surface area contributed by atoms with Crippen LogP contribution in [0.15, 0.2) is 48.5 Å². The number of nitrogens with one attached hydrogen (secondary N) is 2. The van der Waals surface area contributed by atoms with Crippen LogP contribution in [0, 0.1) is 0 Å². The quantitative estimate of drug-likeness (QED) is 0.840. The Labute approximate surface area is 145 Å². The van der Waals surface area contributed by atoms with Crippen molar-refractivity contribution in [2.24, 2.45) is 0 Å². The SMILES string of the molecule is CNC(=O)c1ccc(NC(=O)C2(C)Cc3ccccc3C(=O)O2)cc1. The Morgan fingerprint density at radius 2 is 1.76 bits per heavy atom. The number of benzene rings is 2. The van der Waals surface area contributed by atoms with E-state index in [9.17, 15) is 14.4 Å². The van der Waals surface area contributed by atoms with Gasteiger partial charge in [0.05, 0.1) is 5.56 Å². The first-order chi connectivity index (χ1) is 11.9. The Morgan fingerprint density at radius 1 is 1.08 bits per heavy atom. The molecule has 0 saturated heterocycles. The lowest BCUT2D eigenvalue weighted by Crippen LogP contribution is -2.48. The maximum atomic E-state index is 12.7. The molecule has 0 radical (unpaired) electrons. The molecule has 0 aromatic heterocycles. The summed E-state index contributed by atoms with van der Waals surface area (Å²) in [5, 5.41) is 5.27. The minimum Gasteiger partial charge on any atom is -0.445 e. The Balaban J connectivity index is 1.77. The van der Waals surface area contributed by atoms with Gasteiger partial charge in [0.2, 0.25) is 0 Å². The number of esters is 1. The monoisotopic (exact) mass is 338 g/mol. The van der Waals surface area contributed by atoms with Crippen molar-refractivity contribution >= 4 is 23.5 Å². The molecule has 0 saturated carbocycles. The van der Waals surface area contributed by atoms with Gasteiger partial charge in [-0.3, -0.25) is 9.59 Å². The third-order valence-electron chi connectivity index (χ3n) is 4.20. The van der Waals surface area contributed by atoms with Crippen molar-refractivity contribution in [1.29, 1.82) is 0 Å². The molecule has 2 aromatic carbocycles. The standard InChI is InChI=1S/C19H18N2O4/c1-19(11-13-5-3-4-6-15(13)17(23)25-19)18(24)21-14-9-7-12(8-10-14)16(22)20-2/h3-10H,11H2,1-2H3,(H,20,22)(H,21,24). The Morgan fingerprint density at radius 3 is 2.44 bits per heavy atom. The topological polar surface area (TPSA) is 84.5 Å². The van der Waals surface area contributed by atoms with E-state index in [0.29, 0.717) is 23.2 Å². The average Bonchev–Trinajstić information content (AvgIpc) is 2.61. The summed E-state index contributed by atoms with van der Waals surface area (Å²) in [6.07, 6.45) is 0.303. The first kappa shape index (κ1) is 16.7. The Hall–Kier alpha value is -3.15. The van der Waals surface area contributed by atoms with E-state index in [2.05, 4.69) is 10.6 Å². The van der Waals surface area contributed by atoms with Crippen LogP contribution in [-0.2, 0) is 16.0 Å². The minimum absolute atomic E-state index is 0.206. The molecule has 1 heterocycles. The van der Waals surface area contributed by atoms with E-state index < -0.39 is 17.5 Å². The van der Waals surface area contributed by atoms with E-state index in [0.717, 1.165) is 5.56 Å². The number of amides is 2. The second-order valence-electron chi connectivity index (χ2n) is 6.06. The molecule has 3 rings (SSSR count). The van der Waals surface area contributed by atoms with Gasteiger partial charge in [0, 0.05) is 24.7 Å². The molecule has 1 aliphatic heterocycles. The second kappa shape index (κ2) is 6.39. The third-order valence-corrected chi connectivity index (χ3v) is 4.20. The van der Waals surface area contributed by atoms with Gasteiger partial charge < -0.3 is 15.4 Å². The lowest BCUT2D eigenvalue weighted by Gasteiger charge is -2.33. The van der Waals surface area contributed by atoms with Crippen LogP contribution < -0.4 is 10.6 Å². The summed E-state index contributed by atoms with van der Waals surface area (Å²) in [7, 11) is 1.55. The highest BCUT2D eigenvalue weighted by atomic mass is 16.6. The van der Waals surface area contributed by atoms with Crippen LogP contribution >= 0.6 is 0 Å². The van der Waals surface area contributed by atoms with Crippen molar-refractivity contribution in [3.8, 4) is 0 Å². The Kier molecular flexibility index (Phi) is 4.27. The van der Waals surface area contributed by atoms with Crippen LogP contribution in [0.2, 0.25) is 0 Å². The molecule has 1 aliphatic rings.